The van der Waals surface area contributed by atoms with Gasteiger partial charge in [-0.3, -0.25) is 4.79 Å². The van der Waals surface area contributed by atoms with Crippen LogP contribution in [0, 0.1) is 0 Å². The summed E-state index contributed by atoms with van der Waals surface area (Å²) >= 11 is 0. The molecule has 20 heavy (non-hydrogen) atoms. The Balaban J connectivity index is 2.19. The third-order valence-electron chi connectivity index (χ3n) is 3.51. The largest absolute Gasteiger partial charge is 0.486 e. The lowest BCUT2D eigenvalue weighted by molar-refractivity contribution is -0.118. The molecule has 2 heteroatoms. The molecule has 0 fully saturated rings. The lowest BCUT2D eigenvalue weighted by Crippen LogP contribution is -2.18. The van der Waals surface area contributed by atoms with Crippen LogP contribution < -0.4 is 4.74 Å². The average molecular weight is 268 g/mol. The number of Topliss-reactive ketones (excluding diaryl/α,β-unsaturated/α-hetero) is 1. The fourth-order valence-electron chi connectivity index (χ4n) is 2.17. The molecule has 2 aromatic rings. The van der Waals surface area contributed by atoms with E-state index in [4.69, 9.17) is 4.74 Å². The van der Waals surface area contributed by atoms with E-state index in [9.17, 15) is 4.79 Å². The van der Waals surface area contributed by atoms with Gasteiger partial charge in [-0.15, -0.1) is 0 Å². The number of carbonyl (C=O) groups excluding carboxylic acids is 1. The van der Waals surface area contributed by atoms with Crippen LogP contribution >= 0.6 is 0 Å². The summed E-state index contributed by atoms with van der Waals surface area (Å²) in [6.45, 7) is 6.05. The second-order valence-electron chi connectivity index (χ2n) is 5.51. The monoisotopic (exact) mass is 268 g/mol. The van der Waals surface area contributed by atoms with Crippen LogP contribution in [0.15, 0.2) is 54.6 Å². The van der Waals surface area contributed by atoms with Crippen molar-refractivity contribution < 1.29 is 9.53 Å². The van der Waals surface area contributed by atoms with E-state index in [0.29, 0.717) is 0 Å². The van der Waals surface area contributed by atoms with Crippen molar-refractivity contribution in [1.29, 1.82) is 0 Å². The minimum Gasteiger partial charge on any atom is -0.486 e. The Hall–Kier alpha value is -2.09. The lowest BCUT2D eigenvalue weighted by atomic mass is 9.78. The Kier molecular flexibility index (Phi) is 4.23. The molecule has 0 saturated carbocycles. The number of rotatable bonds is 5. The molecule has 2 nitrogen and oxygen atoms in total. The minimum atomic E-state index is -0.0552. The molecule has 0 spiro atoms. The average Bonchev–Trinajstić information content (AvgIpc) is 2.46. The van der Waals surface area contributed by atoms with Crippen molar-refractivity contribution in [3.63, 3.8) is 0 Å². The zero-order chi connectivity index (χ0) is 14.6. The molecule has 0 atom stereocenters. The first kappa shape index (κ1) is 14.3. The normalized spacial score (nSPS) is 11.2. The van der Waals surface area contributed by atoms with E-state index in [1.807, 2.05) is 18.2 Å². The van der Waals surface area contributed by atoms with Crippen molar-refractivity contribution >= 4 is 5.78 Å². The molecule has 0 aliphatic rings. The Labute approximate surface area is 120 Å². The first-order chi connectivity index (χ1) is 9.50. The van der Waals surface area contributed by atoms with Gasteiger partial charge in [-0.05, 0) is 30.2 Å². The quantitative estimate of drug-likeness (QED) is 0.820. The molecule has 0 N–H and O–H groups in total. The van der Waals surface area contributed by atoms with Gasteiger partial charge in [0, 0.05) is 5.41 Å². The van der Waals surface area contributed by atoms with Crippen molar-refractivity contribution in [1.82, 2.24) is 0 Å². The summed E-state index contributed by atoms with van der Waals surface area (Å²) in [5, 5.41) is 0. The number of ether oxygens (including phenoxy) is 1. The van der Waals surface area contributed by atoms with E-state index >= 15 is 0 Å². The predicted octanol–water partition coefficient (Wildman–Crippen LogP) is 3.98. The summed E-state index contributed by atoms with van der Waals surface area (Å²) in [5.74, 6) is 0.756. The highest BCUT2D eigenvalue weighted by Gasteiger charge is 2.22. The molecule has 0 unspecified atom stereocenters. The smallest absolute Gasteiger partial charge is 0.167 e. The maximum absolute atomic E-state index is 10.9. The van der Waals surface area contributed by atoms with Crippen molar-refractivity contribution in [2.45, 2.75) is 26.2 Å². The van der Waals surface area contributed by atoms with Gasteiger partial charge in [0.25, 0.3) is 0 Å². The minimum absolute atomic E-state index is 0.0266. The Morgan fingerprint density at radius 2 is 1.50 bits per heavy atom. The number of benzene rings is 2. The number of carbonyl (C=O) groups is 1. The van der Waals surface area contributed by atoms with Gasteiger partial charge in [-0.1, -0.05) is 56.3 Å². The van der Waals surface area contributed by atoms with Gasteiger partial charge < -0.3 is 4.74 Å². The van der Waals surface area contributed by atoms with Crippen LogP contribution in [0.3, 0.4) is 0 Å². The zero-order valence-corrected chi connectivity index (χ0v) is 12.2. The highest BCUT2D eigenvalue weighted by atomic mass is 16.5. The summed E-state index contributed by atoms with van der Waals surface area (Å²) in [6.07, 6.45) is 0. The van der Waals surface area contributed by atoms with Crippen molar-refractivity contribution in [3.8, 4) is 5.75 Å². The fraction of sp³-hybridized carbons (Fsp3) is 0.278. The van der Waals surface area contributed by atoms with Gasteiger partial charge in [-0.25, -0.2) is 0 Å². The molecular formula is C18H20O2. The van der Waals surface area contributed by atoms with Crippen LogP contribution in [0.1, 0.15) is 31.9 Å². The molecule has 2 rings (SSSR count). The summed E-state index contributed by atoms with van der Waals surface area (Å²) in [6, 6.07) is 18.4. The molecule has 0 aliphatic carbocycles. The van der Waals surface area contributed by atoms with Gasteiger partial charge in [0.2, 0.25) is 0 Å². The summed E-state index contributed by atoms with van der Waals surface area (Å²) < 4.78 is 5.39. The topological polar surface area (TPSA) is 26.3 Å². The molecule has 0 aliphatic heterocycles. The summed E-state index contributed by atoms with van der Waals surface area (Å²) in [4.78, 5) is 10.9. The molecule has 0 aromatic heterocycles. The van der Waals surface area contributed by atoms with Gasteiger partial charge >= 0.3 is 0 Å². The second-order valence-corrected chi connectivity index (χ2v) is 5.51. The first-order valence-electron chi connectivity index (χ1n) is 6.78. The molecule has 0 saturated heterocycles. The summed E-state index contributed by atoms with van der Waals surface area (Å²) in [5.41, 5.74) is 2.44. The number of hydrogen-bond donors (Lipinski definition) is 0. The van der Waals surface area contributed by atoms with Crippen LogP contribution in [0.5, 0.6) is 5.75 Å². The van der Waals surface area contributed by atoms with Gasteiger partial charge in [0.05, 0.1) is 0 Å². The van der Waals surface area contributed by atoms with Gasteiger partial charge in [0.1, 0.15) is 12.4 Å². The fourth-order valence-corrected chi connectivity index (χ4v) is 2.17. The van der Waals surface area contributed by atoms with Gasteiger partial charge in [-0.2, -0.15) is 0 Å². The van der Waals surface area contributed by atoms with Crippen molar-refractivity contribution in [2.75, 3.05) is 6.61 Å². The molecule has 0 bridgehead atoms. The SMILES string of the molecule is CC(=O)COc1ccc(C(C)(C)c2ccccc2)cc1. The zero-order valence-electron chi connectivity index (χ0n) is 12.2. The summed E-state index contributed by atoms with van der Waals surface area (Å²) in [7, 11) is 0. The second kappa shape index (κ2) is 5.91. The highest BCUT2D eigenvalue weighted by Crippen LogP contribution is 2.32. The van der Waals surface area contributed by atoms with Crippen LogP contribution in [-0.4, -0.2) is 12.4 Å². The molecule has 104 valence electrons. The van der Waals surface area contributed by atoms with Crippen LogP contribution in [0.25, 0.3) is 0 Å². The molecule has 0 amide bonds. The van der Waals surface area contributed by atoms with E-state index in [2.05, 4.69) is 50.2 Å². The van der Waals surface area contributed by atoms with E-state index in [1.165, 1.54) is 18.1 Å². The molecule has 0 heterocycles. The van der Waals surface area contributed by atoms with E-state index < -0.39 is 0 Å². The Morgan fingerprint density at radius 1 is 0.950 bits per heavy atom. The van der Waals surface area contributed by atoms with Crippen molar-refractivity contribution in [2.24, 2.45) is 0 Å². The molecule has 2 aromatic carbocycles. The maximum Gasteiger partial charge on any atom is 0.167 e. The van der Waals surface area contributed by atoms with E-state index in [0.717, 1.165) is 5.75 Å². The van der Waals surface area contributed by atoms with E-state index in [-0.39, 0.29) is 17.8 Å². The predicted molar refractivity (Wildman–Crippen MR) is 81.2 cm³/mol. The number of ketones is 1. The highest BCUT2D eigenvalue weighted by molar-refractivity contribution is 5.77. The Morgan fingerprint density at radius 3 is 2.05 bits per heavy atom. The molecular weight excluding hydrogens is 248 g/mol. The van der Waals surface area contributed by atoms with Crippen LogP contribution in [0.2, 0.25) is 0 Å². The van der Waals surface area contributed by atoms with Crippen LogP contribution in [-0.2, 0) is 10.2 Å². The lowest BCUT2D eigenvalue weighted by Gasteiger charge is -2.26. The maximum atomic E-state index is 10.9. The molecule has 0 radical (unpaired) electrons. The van der Waals surface area contributed by atoms with Crippen LogP contribution in [0.4, 0.5) is 0 Å². The standard InChI is InChI=1S/C18H20O2/c1-14(19)13-20-17-11-9-16(10-12-17)18(2,3)15-7-5-4-6-8-15/h4-12H,13H2,1-3H3. The third-order valence-corrected chi connectivity index (χ3v) is 3.51. The van der Waals surface area contributed by atoms with Crippen molar-refractivity contribution in [3.05, 3.63) is 65.7 Å². The first-order valence-corrected chi connectivity index (χ1v) is 6.78. The van der Waals surface area contributed by atoms with Gasteiger partial charge in [0.15, 0.2) is 5.78 Å². The number of hydrogen-bond acceptors (Lipinski definition) is 2. The van der Waals surface area contributed by atoms with E-state index in [1.54, 1.807) is 0 Å². The third kappa shape index (κ3) is 3.27. The Bertz CT molecular complexity index is 568.